The lowest BCUT2D eigenvalue weighted by Crippen LogP contribution is -2.26. The van der Waals surface area contributed by atoms with Gasteiger partial charge in [0.1, 0.15) is 0 Å². The number of amides is 1. The number of nitrogens with zero attached hydrogens (tertiary/aromatic N) is 1. The van der Waals surface area contributed by atoms with Crippen molar-refractivity contribution in [1.82, 2.24) is 0 Å². The second kappa shape index (κ2) is 4.37. The van der Waals surface area contributed by atoms with E-state index in [1.807, 2.05) is 0 Å². The molecular weight excluding hydrogens is 222 g/mol. The maximum absolute atomic E-state index is 11.5. The van der Waals surface area contributed by atoms with Crippen molar-refractivity contribution in [3.63, 3.8) is 0 Å². The molecule has 0 bridgehead atoms. The van der Waals surface area contributed by atoms with E-state index in [0.29, 0.717) is 17.8 Å². The zero-order valence-electron chi connectivity index (χ0n) is 9.30. The molecule has 0 spiro atoms. The number of anilines is 1. The van der Waals surface area contributed by atoms with E-state index in [9.17, 15) is 14.4 Å². The van der Waals surface area contributed by atoms with Crippen LogP contribution in [-0.4, -0.2) is 31.3 Å². The van der Waals surface area contributed by atoms with E-state index in [1.54, 1.807) is 24.3 Å². The summed E-state index contributed by atoms with van der Waals surface area (Å²) in [5, 5.41) is 0. The van der Waals surface area contributed by atoms with Crippen molar-refractivity contribution in [1.29, 1.82) is 0 Å². The fraction of sp³-hybridized carbons (Fsp3) is 0.250. The van der Waals surface area contributed by atoms with Crippen LogP contribution in [0.2, 0.25) is 0 Å². The molecule has 0 aromatic heterocycles. The SMILES string of the molecule is COC(=O)c1ccc(N2CCC(=O)C2=O)cc1. The van der Waals surface area contributed by atoms with Crippen LogP contribution >= 0.6 is 0 Å². The summed E-state index contributed by atoms with van der Waals surface area (Å²) in [5.41, 5.74) is 1.03. The van der Waals surface area contributed by atoms with Crippen LogP contribution in [-0.2, 0) is 14.3 Å². The summed E-state index contributed by atoms with van der Waals surface area (Å²) in [6.07, 6.45) is 0.248. The van der Waals surface area contributed by atoms with Crippen molar-refractivity contribution >= 4 is 23.3 Å². The van der Waals surface area contributed by atoms with Crippen LogP contribution in [0.3, 0.4) is 0 Å². The molecule has 0 saturated carbocycles. The number of benzene rings is 1. The summed E-state index contributed by atoms with van der Waals surface area (Å²) < 4.78 is 4.57. The maximum Gasteiger partial charge on any atom is 0.337 e. The van der Waals surface area contributed by atoms with Gasteiger partial charge in [-0.3, -0.25) is 9.59 Å². The Bertz CT molecular complexity index is 478. The van der Waals surface area contributed by atoms with Gasteiger partial charge in [-0.25, -0.2) is 4.79 Å². The highest BCUT2D eigenvalue weighted by atomic mass is 16.5. The normalized spacial score (nSPS) is 15.2. The number of carbonyl (C=O) groups excluding carboxylic acids is 3. The third-order valence-corrected chi connectivity index (χ3v) is 2.65. The molecule has 1 saturated heterocycles. The first kappa shape index (κ1) is 11.3. The number of hydrogen-bond acceptors (Lipinski definition) is 4. The van der Waals surface area contributed by atoms with Gasteiger partial charge in [-0.1, -0.05) is 0 Å². The number of Topliss-reactive ketones (excluding diaryl/α,β-unsaturated/α-hetero) is 1. The molecule has 0 aliphatic carbocycles. The molecule has 2 rings (SSSR count). The third-order valence-electron chi connectivity index (χ3n) is 2.65. The Morgan fingerprint density at radius 2 is 1.88 bits per heavy atom. The molecule has 1 fully saturated rings. The molecule has 0 N–H and O–H groups in total. The molecule has 0 radical (unpaired) electrons. The van der Waals surface area contributed by atoms with Crippen LogP contribution in [0.25, 0.3) is 0 Å². The molecule has 1 aliphatic rings. The minimum absolute atomic E-state index is 0.248. The first-order valence-corrected chi connectivity index (χ1v) is 5.16. The second-order valence-corrected chi connectivity index (χ2v) is 3.67. The standard InChI is InChI=1S/C12H11NO4/c1-17-12(16)8-2-4-9(5-3-8)13-7-6-10(14)11(13)15/h2-5H,6-7H2,1H3. The van der Waals surface area contributed by atoms with Gasteiger partial charge in [-0.05, 0) is 24.3 Å². The maximum atomic E-state index is 11.5. The second-order valence-electron chi connectivity index (χ2n) is 3.67. The van der Waals surface area contributed by atoms with E-state index in [0.717, 1.165) is 0 Å². The number of carbonyl (C=O) groups is 3. The minimum atomic E-state index is -0.490. The van der Waals surface area contributed by atoms with E-state index >= 15 is 0 Å². The molecule has 88 valence electrons. The average Bonchev–Trinajstić information content (AvgIpc) is 2.69. The van der Waals surface area contributed by atoms with Crippen LogP contribution in [0.5, 0.6) is 0 Å². The predicted molar refractivity (Wildman–Crippen MR) is 59.8 cm³/mol. The monoisotopic (exact) mass is 233 g/mol. The topological polar surface area (TPSA) is 63.7 Å². The van der Waals surface area contributed by atoms with Gasteiger partial charge >= 0.3 is 5.97 Å². The number of esters is 1. The molecule has 5 heteroatoms. The molecule has 0 atom stereocenters. The van der Waals surface area contributed by atoms with E-state index < -0.39 is 11.9 Å². The highest BCUT2D eigenvalue weighted by Crippen LogP contribution is 2.20. The highest BCUT2D eigenvalue weighted by molar-refractivity contribution is 6.43. The van der Waals surface area contributed by atoms with E-state index in [1.165, 1.54) is 12.0 Å². The van der Waals surface area contributed by atoms with Gasteiger partial charge in [0.2, 0.25) is 5.78 Å². The lowest BCUT2D eigenvalue weighted by Gasteiger charge is -2.14. The summed E-state index contributed by atoms with van der Waals surface area (Å²) in [7, 11) is 1.30. The van der Waals surface area contributed by atoms with Gasteiger partial charge in [0.05, 0.1) is 12.7 Å². The Morgan fingerprint density at radius 3 is 2.35 bits per heavy atom. The Balaban J connectivity index is 2.21. The molecule has 1 amide bonds. The minimum Gasteiger partial charge on any atom is -0.465 e. The summed E-state index contributed by atoms with van der Waals surface area (Å²) in [4.78, 5) is 35.2. The Kier molecular flexibility index (Phi) is 2.91. The van der Waals surface area contributed by atoms with Gasteiger partial charge in [0, 0.05) is 18.7 Å². The van der Waals surface area contributed by atoms with Crippen molar-refractivity contribution in [2.45, 2.75) is 6.42 Å². The van der Waals surface area contributed by atoms with Gasteiger partial charge in [-0.2, -0.15) is 0 Å². The first-order valence-electron chi connectivity index (χ1n) is 5.16. The van der Waals surface area contributed by atoms with Gasteiger partial charge in [0.25, 0.3) is 5.91 Å². The molecule has 1 aromatic carbocycles. The van der Waals surface area contributed by atoms with Crippen molar-refractivity contribution in [3.8, 4) is 0 Å². The summed E-state index contributed by atoms with van der Waals surface area (Å²) in [6, 6.07) is 6.39. The van der Waals surface area contributed by atoms with Crippen molar-refractivity contribution in [3.05, 3.63) is 29.8 Å². The van der Waals surface area contributed by atoms with Crippen LogP contribution in [0.4, 0.5) is 5.69 Å². The Morgan fingerprint density at radius 1 is 1.24 bits per heavy atom. The van der Waals surface area contributed by atoms with Crippen LogP contribution in [0, 0.1) is 0 Å². The fourth-order valence-corrected chi connectivity index (χ4v) is 1.71. The quantitative estimate of drug-likeness (QED) is 0.559. The average molecular weight is 233 g/mol. The molecule has 1 aromatic rings. The van der Waals surface area contributed by atoms with Gasteiger partial charge in [-0.15, -0.1) is 0 Å². The fourth-order valence-electron chi connectivity index (χ4n) is 1.71. The Labute approximate surface area is 98.0 Å². The first-order chi connectivity index (χ1) is 8.13. The number of hydrogen-bond donors (Lipinski definition) is 0. The summed E-state index contributed by atoms with van der Waals surface area (Å²) >= 11 is 0. The van der Waals surface area contributed by atoms with E-state index in [-0.39, 0.29) is 12.2 Å². The molecule has 1 heterocycles. The number of ketones is 1. The largest absolute Gasteiger partial charge is 0.465 e. The lowest BCUT2D eigenvalue weighted by atomic mass is 10.2. The van der Waals surface area contributed by atoms with Crippen LogP contribution in [0.15, 0.2) is 24.3 Å². The zero-order chi connectivity index (χ0) is 12.4. The predicted octanol–water partition coefficient (Wildman–Crippen LogP) is 0.779. The van der Waals surface area contributed by atoms with E-state index in [4.69, 9.17) is 0 Å². The Hall–Kier alpha value is -2.17. The lowest BCUT2D eigenvalue weighted by molar-refractivity contribution is -0.133. The summed E-state index contributed by atoms with van der Waals surface area (Å²) in [5.74, 6) is -1.29. The van der Waals surface area contributed by atoms with E-state index in [2.05, 4.69) is 4.74 Å². The van der Waals surface area contributed by atoms with Crippen molar-refractivity contribution < 1.29 is 19.1 Å². The molecular formula is C12H11NO4. The molecule has 5 nitrogen and oxygen atoms in total. The molecule has 0 unspecified atom stereocenters. The molecule has 17 heavy (non-hydrogen) atoms. The zero-order valence-corrected chi connectivity index (χ0v) is 9.30. The highest BCUT2D eigenvalue weighted by Gasteiger charge is 2.30. The van der Waals surface area contributed by atoms with Crippen LogP contribution < -0.4 is 4.90 Å². The van der Waals surface area contributed by atoms with Crippen molar-refractivity contribution in [2.75, 3.05) is 18.6 Å². The number of rotatable bonds is 2. The van der Waals surface area contributed by atoms with Crippen LogP contribution in [0.1, 0.15) is 16.8 Å². The number of ether oxygens (including phenoxy) is 1. The number of methoxy groups -OCH3 is 1. The molecule has 1 aliphatic heterocycles. The van der Waals surface area contributed by atoms with Gasteiger partial charge < -0.3 is 9.64 Å². The van der Waals surface area contributed by atoms with Crippen molar-refractivity contribution in [2.24, 2.45) is 0 Å². The third kappa shape index (κ3) is 2.04. The summed E-state index contributed by atoms with van der Waals surface area (Å²) in [6.45, 7) is 0.398. The van der Waals surface area contributed by atoms with Gasteiger partial charge in [0.15, 0.2) is 0 Å². The smallest absolute Gasteiger partial charge is 0.337 e.